The largest absolute Gasteiger partial charge is 0.481 e. The summed E-state index contributed by atoms with van der Waals surface area (Å²) in [6.07, 6.45) is 0. The van der Waals surface area contributed by atoms with Crippen LogP contribution in [0.5, 0.6) is 0 Å². The third-order valence-electron chi connectivity index (χ3n) is 3.42. The van der Waals surface area contributed by atoms with Gasteiger partial charge in [-0.3, -0.25) is 9.59 Å². The van der Waals surface area contributed by atoms with Crippen LogP contribution in [0.3, 0.4) is 0 Å². The molecular formula is C18H16N4O3S. The lowest BCUT2D eigenvalue weighted by atomic mass is 10.2. The molecule has 132 valence electrons. The van der Waals surface area contributed by atoms with E-state index in [2.05, 4.69) is 15.4 Å². The van der Waals surface area contributed by atoms with Crippen LogP contribution in [0.15, 0.2) is 59.8 Å². The molecule has 0 saturated carbocycles. The fraction of sp³-hybridized carbons (Fsp3) is 0.111. The Morgan fingerprint density at radius 2 is 1.81 bits per heavy atom. The zero-order chi connectivity index (χ0) is 18.5. The van der Waals surface area contributed by atoms with E-state index in [9.17, 15) is 9.59 Å². The first-order valence-electron chi connectivity index (χ1n) is 7.78. The molecule has 0 bridgehead atoms. The zero-order valence-electron chi connectivity index (χ0n) is 13.9. The molecule has 0 fully saturated rings. The summed E-state index contributed by atoms with van der Waals surface area (Å²) in [5.74, 6) is -1.63. The van der Waals surface area contributed by atoms with Crippen LogP contribution < -0.4 is 5.32 Å². The van der Waals surface area contributed by atoms with Crippen LogP contribution in [0.2, 0.25) is 0 Å². The maximum Gasteiger partial charge on any atom is 0.313 e. The lowest BCUT2D eigenvalue weighted by molar-refractivity contribution is -0.133. The number of aromatic nitrogens is 3. The van der Waals surface area contributed by atoms with E-state index in [1.54, 1.807) is 12.1 Å². The van der Waals surface area contributed by atoms with Gasteiger partial charge in [-0.25, -0.2) is 4.68 Å². The number of carboxylic acids is 1. The summed E-state index contributed by atoms with van der Waals surface area (Å²) in [4.78, 5) is 27.5. The lowest BCUT2D eigenvalue weighted by Crippen LogP contribution is -2.14. The molecule has 2 N–H and O–H groups in total. The summed E-state index contributed by atoms with van der Waals surface area (Å²) >= 11 is 1.01. The van der Waals surface area contributed by atoms with Gasteiger partial charge in [0.1, 0.15) is 0 Å². The Hall–Kier alpha value is -3.13. The van der Waals surface area contributed by atoms with Crippen molar-refractivity contribution in [2.75, 3.05) is 11.1 Å². The van der Waals surface area contributed by atoms with Crippen molar-refractivity contribution in [1.29, 1.82) is 0 Å². The summed E-state index contributed by atoms with van der Waals surface area (Å²) in [7, 11) is 0. The van der Waals surface area contributed by atoms with Crippen molar-refractivity contribution in [2.24, 2.45) is 0 Å². The molecular weight excluding hydrogens is 352 g/mol. The Morgan fingerprint density at radius 1 is 1.12 bits per heavy atom. The molecule has 26 heavy (non-hydrogen) atoms. The number of amides is 1. The van der Waals surface area contributed by atoms with Crippen LogP contribution in [0.4, 0.5) is 5.69 Å². The third kappa shape index (κ3) is 4.28. The highest BCUT2D eigenvalue weighted by Gasteiger charge is 2.19. The molecule has 1 heterocycles. The number of hydrogen-bond donors (Lipinski definition) is 2. The zero-order valence-corrected chi connectivity index (χ0v) is 14.7. The van der Waals surface area contributed by atoms with Crippen molar-refractivity contribution >= 4 is 29.3 Å². The SMILES string of the molecule is Cc1ccc(-n2nc(C(=O)Nc3ccccc3)nc2SCC(=O)O)cc1. The summed E-state index contributed by atoms with van der Waals surface area (Å²) in [5.41, 5.74) is 2.41. The number of anilines is 1. The molecule has 3 rings (SSSR count). The van der Waals surface area contributed by atoms with Crippen LogP contribution in [-0.4, -0.2) is 37.5 Å². The van der Waals surface area contributed by atoms with Crippen molar-refractivity contribution in [2.45, 2.75) is 12.1 Å². The van der Waals surface area contributed by atoms with Gasteiger partial charge in [0.05, 0.1) is 11.4 Å². The summed E-state index contributed by atoms with van der Waals surface area (Å²) in [6, 6.07) is 16.5. The molecule has 0 atom stereocenters. The Labute approximate surface area is 154 Å². The van der Waals surface area contributed by atoms with Gasteiger partial charge in [-0.1, -0.05) is 47.7 Å². The molecule has 0 aliphatic heterocycles. The monoisotopic (exact) mass is 368 g/mol. The van der Waals surface area contributed by atoms with Gasteiger partial charge in [-0.2, -0.15) is 4.98 Å². The molecule has 7 nitrogen and oxygen atoms in total. The second-order valence-corrected chi connectivity index (χ2v) is 6.41. The average molecular weight is 368 g/mol. The van der Waals surface area contributed by atoms with Gasteiger partial charge >= 0.3 is 5.97 Å². The van der Waals surface area contributed by atoms with E-state index in [-0.39, 0.29) is 11.6 Å². The van der Waals surface area contributed by atoms with Gasteiger partial charge in [-0.05, 0) is 31.2 Å². The van der Waals surface area contributed by atoms with E-state index in [0.717, 1.165) is 17.3 Å². The van der Waals surface area contributed by atoms with Gasteiger partial charge < -0.3 is 10.4 Å². The minimum Gasteiger partial charge on any atom is -0.481 e. The molecule has 8 heteroatoms. The number of carboxylic acid groups (broad SMARTS) is 1. The fourth-order valence-corrected chi connectivity index (χ4v) is 2.85. The Balaban J connectivity index is 1.91. The molecule has 0 spiro atoms. The van der Waals surface area contributed by atoms with Crippen molar-refractivity contribution in [3.63, 3.8) is 0 Å². The lowest BCUT2D eigenvalue weighted by Gasteiger charge is -2.04. The van der Waals surface area contributed by atoms with E-state index in [1.165, 1.54) is 4.68 Å². The standard InChI is InChI=1S/C18H16N4O3S/c1-12-7-9-14(10-8-12)22-18(26-11-15(23)24)20-16(21-22)17(25)19-13-5-3-2-4-6-13/h2-10H,11H2,1H3,(H,19,25)(H,23,24). The maximum absolute atomic E-state index is 12.4. The van der Waals surface area contributed by atoms with Crippen molar-refractivity contribution < 1.29 is 14.7 Å². The summed E-state index contributed by atoms with van der Waals surface area (Å²) in [6.45, 7) is 1.96. The third-order valence-corrected chi connectivity index (χ3v) is 4.33. The van der Waals surface area contributed by atoms with Gasteiger partial charge in [0.2, 0.25) is 5.82 Å². The van der Waals surface area contributed by atoms with E-state index in [1.807, 2.05) is 49.4 Å². The molecule has 1 amide bonds. The van der Waals surface area contributed by atoms with E-state index in [0.29, 0.717) is 16.5 Å². The molecule has 1 aromatic heterocycles. The number of nitrogens with one attached hydrogen (secondary N) is 1. The molecule has 0 aliphatic carbocycles. The first-order chi connectivity index (χ1) is 12.5. The van der Waals surface area contributed by atoms with E-state index in [4.69, 9.17) is 5.11 Å². The Kier molecular flexibility index (Phi) is 5.33. The number of thioether (sulfide) groups is 1. The highest BCUT2D eigenvalue weighted by atomic mass is 32.2. The second kappa shape index (κ2) is 7.83. The second-order valence-electron chi connectivity index (χ2n) is 5.47. The number of carbonyl (C=O) groups excluding carboxylic acids is 1. The Morgan fingerprint density at radius 3 is 2.46 bits per heavy atom. The van der Waals surface area contributed by atoms with Crippen LogP contribution in [0, 0.1) is 6.92 Å². The number of carbonyl (C=O) groups is 2. The van der Waals surface area contributed by atoms with Crippen LogP contribution in [0.1, 0.15) is 16.2 Å². The number of aliphatic carboxylic acids is 1. The van der Waals surface area contributed by atoms with Crippen molar-refractivity contribution in [3.8, 4) is 5.69 Å². The van der Waals surface area contributed by atoms with Gasteiger partial charge in [0.25, 0.3) is 5.91 Å². The number of nitrogens with zero attached hydrogens (tertiary/aromatic N) is 3. The molecule has 0 unspecified atom stereocenters. The molecule has 0 aliphatic rings. The number of aryl methyl sites for hydroxylation is 1. The average Bonchev–Trinajstić information content (AvgIpc) is 3.06. The predicted octanol–water partition coefficient (Wildman–Crippen LogP) is 3.00. The number of para-hydroxylation sites is 1. The number of rotatable bonds is 6. The Bertz CT molecular complexity index is 923. The fourth-order valence-electron chi connectivity index (χ4n) is 2.18. The van der Waals surface area contributed by atoms with Crippen molar-refractivity contribution in [1.82, 2.24) is 14.8 Å². The number of hydrogen-bond acceptors (Lipinski definition) is 5. The molecule has 3 aromatic rings. The highest BCUT2D eigenvalue weighted by molar-refractivity contribution is 7.99. The summed E-state index contributed by atoms with van der Waals surface area (Å²) in [5, 5.41) is 16.3. The van der Waals surface area contributed by atoms with Crippen LogP contribution in [0.25, 0.3) is 5.69 Å². The number of benzene rings is 2. The highest BCUT2D eigenvalue weighted by Crippen LogP contribution is 2.21. The molecule has 0 radical (unpaired) electrons. The summed E-state index contributed by atoms with van der Waals surface area (Å²) < 4.78 is 1.48. The topological polar surface area (TPSA) is 97.1 Å². The molecule has 2 aromatic carbocycles. The van der Waals surface area contributed by atoms with Crippen LogP contribution in [-0.2, 0) is 4.79 Å². The first-order valence-corrected chi connectivity index (χ1v) is 8.76. The van der Waals surface area contributed by atoms with Gasteiger partial charge in [-0.15, -0.1) is 5.10 Å². The molecule has 0 saturated heterocycles. The predicted molar refractivity (Wildman–Crippen MR) is 98.9 cm³/mol. The maximum atomic E-state index is 12.4. The smallest absolute Gasteiger partial charge is 0.313 e. The minimum atomic E-state index is -0.969. The van der Waals surface area contributed by atoms with Gasteiger partial charge in [0, 0.05) is 5.69 Å². The van der Waals surface area contributed by atoms with Gasteiger partial charge in [0.15, 0.2) is 5.16 Å². The van der Waals surface area contributed by atoms with Crippen molar-refractivity contribution in [3.05, 3.63) is 66.0 Å². The van der Waals surface area contributed by atoms with E-state index < -0.39 is 11.9 Å². The van der Waals surface area contributed by atoms with Crippen LogP contribution >= 0.6 is 11.8 Å². The normalized spacial score (nSPS) is 10.5. The quantitative estimate of drug-likeness (QED) is 0.649. The minimum absolute atomic E-state index is 0.0256. The first kappa shape index (κ1) is 17.7. The van der Waals surface area contributed by atoms with E-state index >= 15 is 0 Å².